The molecule has 7 heteroatoms. The van der Waals surface area contributed by atoms with Crippen LogP contribution in [0.1, 0.15) is 43.2 Å². The lowest BCUT2D eigenvalue weighted by molar-refractivity contribution is -0.148. The summed E-state index contributed by atoms with van der Waals surface area (Å²) in [7, 11) is 1.51. The van der Waals surface area contributed by atoms with Crippen LogP contribution in [0.4, 0.5) is 4.79 Å². The number of fused-ring (bicyclic) bond motifs is 3. The maximum absolute atomic E-state index is 12.4. The van der Waals surface area contributed by atoms with E-state index in [1.165, 1.54) is 41.1 Å². The van der Waals surface area contributed by atoms with Gasteiger partial charge < -0.3 is 20.1 Å². The largest absolute Gasteiger partial charge is 0.480 e. The van der Waals surface area contributed by atoms with Gasteiger partial charge in [-0.05, 0) is 47.9 Å². The van der Waals surface area contributed by atoms with E-state index in [1.54, 1.807) is 0 Å². The minimum absolute atomic E-state index is 0.0201. The normalized spacial score (nSPS) is 19.8. The number of carboxylic acid groups (broad SMARTS) is 1. The summed E-state index contributed by atoms with van der Waals surface area (Å²) >= 11 is 0. The van der Waals surface area contributed by atoms with Crippen LogP contribution in [-0.4, -0.2) is 53.7 Å². The van der Waals surface area contributed by atoms with Gasteiger partial charge in [0.25, 0.3) is 0 Å². The van der Waals surface area contributed by atoms with Crippen molar-refractivity contribution in [3.63, 3.8) is 0 Å². The molecule has 32 heavy (non-hydrogen) atoms. The topological polar surface area (TPSA) is 95.9 Å². The number of hydrogen-bond acceptors (Lipinski definition) is 4. The predicted octanol–water partition coefficient (Wildman–Crippen LogP) is 3.63. The highest BCUT2D eigenvalue weighted by molar-refractivity contribution is 5.83. The van der Waals surface area contributed by atoms with Crippen LogP contribution in [0.3, 0.4) is 0 Å². The fourth-order valence-electron chi connectivity index (χ4n) is 4.60. The summed E-state index contributed by atoms with van der Waals surface area (Å²) in [6, 6.07) is 15.5. The Morgan fingerprint density at radius 1 is 1.06 bits per heavy atom. The highest BCUT2D eigenvalue weighted by atomic mass is 16.5. The van der Waals surface area contributed by atoms with Crippen LogP contribution >= 0.6 is 0 Å². The molecule has 0 aliphatic heterocycles. The first kappa shape index (κ1) is 21.9. The molecular weight excluding hydrogens is 408 g/mol. The number of amides is 2. The van der Waals surface area contributed by atoms with E-state index in [0.29, 0.717) is 12.8 Å². The van der Waals surface area contributed by atoms with Crippen LogP contribution in [0.5, 0.6) is 0 Å². The Hall–Kier alpha value is -3.35. The molecule has 2 aromatic rings. The summed E-state index contributed by atoms with van der Waals surface area (Å²) in [5.41, 5.74) is 4.71. The second-order valence-corrected chi connectivity index (χ2v) is 8.73. The standard InChI is InChI=1S/C25H28N2O5/c1-15(24(29)30)27(2)23(28)13-16-11-17(12-16)26-25(31)32-14-22-20-9-5-3-7-18(20)19-8-4-6-10-21(19)22/h3-10,15-17,22H,11-14H2,1-2H3,(H,26,31)(H,29,30). The van der Waals surface area contributed by atoms with Crippen molar-refractivity contribution in [3.8, 4) is 11.1 Å². The third-order valence-electron chi connectivity index (χ3n) is 6.70. The van der Waals surface area contributed by atoms with Gasteiger partial charge in [0, 0.05) is 25.4 Å². The molecule has 2 aliphatic rings. The molecular formula is C25H28N2O5. The summed E-state index contributed by atoms with van der Waals surface area (Å²) in [5, 5.41) is 11.9. The van der Waals surface area contributed by atoms with Crippen LogP contribution in [0.2, 0.25) is 0 Å². The Labute approximate surface area is 187 Å². The number of carbonyl (C=O) groups is 3. The molecule has 4 rings (SSSR count). The van der Waals surface area contributed by atoms with Gasteiger partial charge >= 0.3 is 12.1 Å². The van der Waals surface area contributed by atoms with Crippen molar-refractivity contribution < 1.29 is 24.2 Å². The molecule has 1 unspecified atom stereocenters. The number of benzene rings is 2. The SMILES string of the molecule is CC(C(=O)O)N(C)C(=O)CC1CC(NC(=O)OCC2c3ccccc3-c3ccccc32)C1. The average molecular weight is 437 g/mol. The van der Waals surface area contributed by atoms with Gasteiger partial charge in [-0.1, -0.05) is 48.5 Å². The number of aliphatic carboxylic acids is 1. The van der Waals surface area contributed by atoms with Gasteiger partial charge in [0.1, 0.15) is 12.6 Å². The molecule has 0 saturated heterocycles. The summed E-state index contributed by atoms with van der Waals surface area (Å²) < 4.78 is 5.57. The van der Waals surface area contributed by atoms with Gasteiger partial charge in [0.2, 0.25) is 5.91 Å². The Balaban J connectivity index is 1.24. The van der Waals surface area contributed by atoms with E-state index in [-0.39, 0.29) is 36.8 Å². The number of rotatable bonds is 7. The van der Waals surface area contributed by atoms with Crippen LogP contribution < -0.4 is 5.32 Å². The Morgan fingerprint density at radius 3 is 2.19 bits per heavy atom. The lowest BCUT2D eigenvalue weighted by atomic mass is 9.78. The highest BCUT2D eigenvalue weighted by Crippen LogP contribution is 2.44. The molecule has 1 fully saturated rings. The fourth-order valence-corrected chi connectivity index (χ4v) is 4.60. The minimum Gasteiger partial charge on any atom is -0.480 e. The van der Waals surface area contributed by atoms with Gasteiger partial charge in [-0.3, -0.25) is 4.79 Å². The number of nitrogens with zero attached hydrogens (tertiary/aromatic N) is 1. The zero-order chi connectivity index (χ0) is 22.8. The third kappa shape index (κ3) is 4.33. The van der Waals surface area contributed by atoms with Gasteiger partial charge in [0.15, 0.2) is 0 Å². The number of alkyl carbamates (subject to hydrolysis) is 1. The van der Waals surface area contributed by atoms with E-state index in [0.717, 1.165) is 0 Å². The molecule has 0 heterocycles. The minimum atomic E-state index is -1.02. The van der Waals surface area contributed by atoms with Crippen LogP contribution in [0.15, 0.2) is 48.5 Å². The van der Waals surface area contributed by atoms with Crippen LogP contribution in [0, 0.1) is 5.92 Å². The van der Waals surface area contributed by atoms with Crippen molar-refractivity contribution in [3.05, 3.63) is 59.7 Å². The molecule has 168 valence electrons. The van der Waals surface area contributed by atoms with Crippen LogP contribution in [-0.2, 0) is 14.3 Å². The molecule has 2 aliphatic carbocycles. The van der Waals surface area contributed by atoms with Crippen molar-refractivity contribution >= 4 is 18.0 Å². The van der Waals surface area contributed by atoms with E-state index in [1.807, 2.05) is 24.3 Å². The molecule has 2 amide bonds. The fraction of sp³-hybridized carbons (Fsp3) is 0.400. The number of ether oxygens (including phenoxy) is 1. The quantitative estimate of drug-likeness (QED) is 0.691. The Bertz CT molecular complexity index is 985. The molecule has 0 radical (unpaired) electrons. The maximum Gasteiger partial charge on any atom is 0.407 e. The highest BCUT2D eigenvalue weighted by Gasteiger charge is 2.35. The van der Waals surface area contributed by atoms with Gasteiger partial charge in [-0.2, -0.15) is 0 Å². The van der Waals surface area contributed by atoms with Crippen molar-refractivity contribution in [2.24, 2.45) is 5.92 Å². The number of carbonyl (C=O) groups excluding carboxylic acids is 2. The number of hydrogen-bond donors (Lipinski definition) is 2. The first-order chi connectivity index (χ1) is 15.3. The molecule has 2 N–H and O–H groups in total. The molecule has 1 atom stereocenters. The second-order valence-electron chi connectivity index (χ2n) is 8.73. The van der Waals surface area contributed by atoms with Crippen LogP contribution in [0.25, 0.3) is 11.1 Å². The first-order valence-electron chi connectivity index (χ1n) is 10.9. The van der Waals surface area contributed by atoms with Gasteiger partial charge in [-0.15, -0.1) is 0 Å². The monoisotopic (exact) mass is 436 g/mol. The summed E-state index contributed by atoms with van der Waals surface area (Å²) in [6.07, 6.45) is 1.21. The molecule has 2 aromatic carbocycles. The van der Waals surface area contributed by atoms with E-state index in [9.17, 15) is 14.4 Å². The van der Waals surface area contributed by atoms with Crippen molar-refractivity contribution in [2.75, 3.05) is 13.7 Å². The zero-order valence-electron chi connectivity index (χ0n) is 18.3. The van der Waals surface area contributed by atoms with E-state index in [4.69, 9.17) is 9.84 Å². The summed E-state index contributed by atoms with van der Waals surface area (Å²) in [4.78, 5) is 36.9. The van der Waals surface area contributed by atoms with E-state index >= 15 is 0 Å². The predicted molar refractivity (Wildman–Crippen MR) is 119 cm³/mol. The Morgan fingerprint density at radius 2 is 1.62 bits per heavy atom. The molecule has 0 bridgehead atoms. The van der Waals surface area contributed by atoms with Crippen molar-refractivity contribution in [2.45, 2.75) is 44.2 Å². The maximum atomic E-state index is 12.4. The van der Waals surface area contributed by atoms with Gasteiger partial charge in [0.05, 0.1) is 0 Å². The van der Waals surface area contributed by atoms with E-state index < -0.39 is 18.1 Å². The first-order valence-corrected chi connectivity index (χ1v) is 10.9. The summed E-state index contributed by atoms with van der Waals surface area (Å²) in [5.74, 6) is -1.05. The number of carboxylic acids is 1. The Kier molecular flexibility index (Phi) is 6.17. The summed E-state index contributed by atoms with van der Waals surface area (Å²) in [6.45, 7) is 1.76. The molecule has 1 saturated carbocycles. The zero-order valence-corrected chi connectivity index (χ0v) is 18.3. The molecule has 0 aromatic heterocycles. The smallest absolute Gasteiger partial charge is 0.407 e. The van der Waals surface area contributed by atoms with Gasteiger partial charge in [-0.25, -0.2) is 9.59 Å². The average Bonchev–Trinajstić information content (AvgIpc) is 3.08. The van der Waals surface area contributed by atoms with E-state index in [2.05, 4.69) is 29.6 Å². The number of likely N-dealkylation sites (N-methyl/N-ethyl adjacent to an activating group) is 1. The third-order valence-corrected chi connectivity index (χ3v) is 6.70. The van der Waals surface area contributed by atoms with Crippen molar-refractivity contribution in [1.82, 2.24) is 10.2 Å². The lowest BCUT2D eigenvalue weighted by Crippen LogP contribution is -2.47. The molecule has 0 spiro atoms. The van der Waals surface area contributed by atoms with Crippen molar-refractivity contribution in [1.29, 1.82) is 0 Å². The number of nitrogens with one attached hydrogen (secondary N) is 1. The lowest BCUT2D eigenvalue weighted by Gasteiger charge is -2.36. The molecule has 7 nitrogen and oxygen atoms in total. The second kappa shape index (κ2) is 9.02.